The van der Waals surface area contributed by atoms with Crippen molar-refractivity contribution in [2.75, 3.05) is 5.32 Å². The van der Waals surface area contributed by atoms with E-state index in [-0.39, 0.29) is 6.42 Å². The number of benzene rings is 1. The van der Waals surface area contributed by atoms with Crippen LogP contribution in [0.2, 0.25) is 0 Å². The zero-order chi connectivity index (χ0) is 18.8. The molecule has 0 radical (unpaired) electrons. The third-order valence-electron chi connectivity index (χ3n) is 5.48. The number of nitrogens with one attached hydrogen (secondary N) is 2. The molecular weight excluding hydrogens is 342 g/mol. The Labute approximate surface area is 158 Å². The minimum Gasteiger partial charge on any atom is -0.480 e. The van der Waals surface area contributed by atoms with Gasteiger partial charge in [0.1, 0.15) is 6.04 Å². The highest BCUT2D eigenvalue weighted by Gasteiger charge is 2.26. The van der Waals surface area contributed by atoms with E-state index in [2.05, 4.69) is 21.7 Å². The monoisotopic (exact) mass is 365 g/mol. The van der Waals surface area contributed by atoms with Gasteiger partial charge in [-0.15, -0.1) is 0 Å². The zero-order valence-electron chi connectivity index (χ0n) is 15.1. The summed E-state index contributed by atoms with van der Waals surface area (Å²) in [5, 5.41) is 15.1. The van der Waals surface area contributed by atoms with Gasteiger partial charge in [0, 0.05) is 24.5 Å². The van der Waals surface area contributed by atoms with Crippen LogP contribution in [0.5, 0.6) is 0 Å². The van der Waals surface area contributed by atoms with Crippen LogP contribution in [-0.4, -0.2) is 28.1 Å². The Balaban J connectivity index is 1.52. The molecule has 27 heavy (non-hydrogen) atoms. The first-order valence-corrected chi connectivity index (χ1v) is 9.47. The molecule has 1 heterocycles. The largest absolute Gasteiger partial charge is 0.480 e. The lowest BCUT2D eigenvalue weighted by molar-refractivity contribution is -0.139. The van der Waals surface area contributed by atoms with Gasteiger partial charge < -0.3 is 15.7 Å². The molecule has 1 aromatic heterocycles. The Morgan fingerprint density at radius 1 is 1.11 bits per heavy atom. The third-order valence-corrected chi connectivity index (χ3v) is 5.48. The molecule has 4 rings (SSSR count). The number of carboxylic acids is 1. The maximum atomic E-state index is 12.6. The first-order valence-electron chi connectivity index (χ1n) is 9.47. The average molecular weight is 365 g/mol. The Morgan fingerprint density at radius 3 is 2.41 bits per heavy atom. The van der Waals surface area contributed by atoms with E-state index in [1.807, 2.05) is 0 Å². The molecule has 2 aliphatic carbocycles. The Morgan fingerprint density at radius 2 is 1.81 bits per heavy atom. The van der Waals surface area contributed by atoms with Crippen molar-refractivity contribution >= 4 is 17.7 Å². The molecule has 0 spiro atoms. The number of rotatable bonds is 5. The number of carbonyl (C=O) groups is 2. The van der Waals surface area contributed by atoms with Crippen LogP contribution in [0.4, 0.5) is 10.5 Å². The summed E-state index contributed by atoms with van der Waals surface area (Å²) in [6.45, 7) is 0. The summed E-state index contributed by atoms with van der Waals surface area (Å²) < 4.78 is 0. The second-order valence-electron chi connectivity index (χ2n) is 7.29. The Kier molecular flexibility index (Phi) is 4.79. The van der Waals surface area contributed by atoms with E-state index in [0.29, 0.717) is 0 Å². The lowest BCUT2D eigenvalue weighted by Gasteiger charge is -2.19. The first kappa shape index (κ1) is 17.5. The molecule has 2 amide bonds. The smallest absolute Gasteiger partial charge is 0.326 e. The van der Waals surface area contributed by atoms with Crippen LogP contribution in [-0.2, 0) is 36.9 Å². The maximum absolute atomic E-state index is 12.6. The minimum absolute atomic E-state index is 0.196. The quantitative estimate of drug-likeness (QED) is 0.760. The number of aliphatic carboxylic acids is 1. The van der Waals surface area contributed by atoms with E-state index in [9.17, 15) is 14.7 Å². The number of nitrogens with zero attached hydrogens (tertiary/aromatic N) is 1. The van der Waals surface area contributed by atoms with E-state index < -0.39 is 18.0 Å². The molecule has 0 fully saturated rings. The topological polar surface area (TPSA) is 91.3 Å². The predicted molar refractivity (Wildman–Crippen MR) is 102 cm³/mol. The highest BCUT2D eigenvalue weighted by atomic mass is 16.4. The van der Waals surface area contributed by atoms with E-state index in [0.717, 1.165) is 49.8 Å². The average Bonchev–Trinajstić information content (AvgIpc) is 3.31. The number of hydrogen-bond acceptors (Lipinski definition) is 3. The maximum Gasteiger partial charge on any atom is 0.326 e. The molecule has 2 aliphatic rings. The van der Waals surface area contributed by atoms with Crippen molar-refractivity contribution in [3.63, 3.8) is 0 Å². The summed E-state index contributed by atoms with van der Waals surface area (Å²) in [6.07, 6.45) is 9.70. The Hall–Kier alpha value is -2.89. The van der Waals surface area contributed by atoms with Crippen LogP contribution in [0.3, 0.4) is 0 Å². The van der Waals surface area contributed by atoms with E-state index >= 15 is 0 Å². The van der Waals surface area contributed by atoms with Gasteiger partial charge in [-0.1, -0.05) is 12.1 Å². The molecule has 0 unspecified atom stereocenters. The Bertz CT molecular complexity index is 848. The van der Waals surface area contributed by atoms with Crippen molar-refractivity contribution in [2.24, 2.45) is 0 Å². The van der Waals surface area contributed by atoms with Crippen molar-refractivity contribution in [1.29, 1.82) is 0 Å². The van der Waals surface area contributed by atoms with Gasteiger partial charge in [-0.05, 0) is 72.4 Å². The molecule has 6 heteroatoms. The second-order valence-corrected chi connectivity index (χ2v) is 7.29. The first-order chi connectivity index (χ1) is 13.1. The molecule has 0 saturated carbocycles. The molecule has 0 bridgehead atoms. The molecule has 0 aliphatic heterocycles. The SMILES string of the molecule is O=C(Nc1c2c(cc3c1CCC3)CCC2)N[C@H](Cc1cccnc1)C(=O)O. The van der Waals surface area contributed by atoms with Gasteiger partial charge in [0.15, 0.2) is 0 Å². The number of anilines is 1. The van der Waals surface area contributed by atoms with Gasteiger partial charge in [-0.25, -0.2) is 9.59 Å². The summed E-state index contributed by atoms with van der Waals surface area (Å²) in [4.78, 5) is 28.2. The van der Waals surface area contributed by atoms with Crippen molar-refractivity contribution in [1.82, 2.24) is 10.3 Å². The number of carboxylic acid groups (broad SMARTS) is 1. The van der Waals surface area contributed by atoms with Gasteiger partial charge in [0.2, 0.25) is 0 Å². The zero-order valence-corrected chi connectivity index (χ0v) is 15.1. The van der Waals surface area contributed by atoms with Crippen molar-refractivity contribution in [2.45, 2.75) is 51.0 Å². The molecule has 2 aromatic rings. The van der Waals surface area contributed by atoms with Crippen LogP contribution in [0.15, 0.2) is 30.6 Å². The summed E-state index contributed by atoms with van der Waals surface area (Å²) in [7, 11) is 0. The molecule has 3 N–H and O–H groups in total. The van der Waals surface area contributed by atoms with Gasteiger partial charge in [-0.3, -0.25) is 4.98 Å². The molecular formula is C21H23N3O3. The van der Waals surface area contributed by atoms with E-state index in [4.69, 9.17) is 0 Å². The molecule has 0 saturated heterocycles. The number of aryl methyl sites for hydroxylation is 2. The van der Waals surface area contributed by atoms with Crippen LogP contribution < -0.4 is 10.6 Å². The van der Waals surface area contributed by atoms with Gasteiger partial charge >= 0.3 is 12.0 Å². The number of amides is 2. The second kappa shape index (κ2) is 7.39. The lowest BCUT2D eigenvalue weighted by Crippen LogP contribution is -2.44. The van der Waals surface area contributed by atoms with Gasteiger partial charge in [0.05, 0.1) is 0 Å². The number of fused-ring (bicyclic) bond motifs is 2. The van der Waals surface area contributed by atoms with E-state index in [1.165, 1.54) is 22.3 Å². The number of aromatic nitrogens is 1. The van der Waals surface area contributed by atoms with Crippen molar-refractivity contribution in [3.05, 3.63) is 58.4 Å². The molecule has 140 valence electrons. The van der Waals surface area contributed by atoms with Crippen LogP contribution >= 0.6 is 0 Å². The summed E-state index contributed by atoms with van der Waals surface area (Å²) in [5.74, 6) is -1.06. The summed E-state index contributed by atoms with van der Waals surface area (Å²) in [5.41, 5.74) is 6.80. The number of hydrogen-bond donors (Lipinski definition) is 3. The lowest BCUT2D eigenvalue weighted by atomic mass is 9.99. The molecule has 1 atom stereocenters. The van der Waals surface area contributed by atoms with Gasteiger partial charge in [0.25, 0.3) is 0 Å². The number of urea groups is 1. The fraction of sp³-hybridized carbons (Fsp3) is 0.381. The molecule has 1 aromatic carbocycles. The molecule has 6 nitrogen and oxygen atoms in total. The third kappa shape index (κ3) is 3.65. The fourth-order valence-corrected chi connectivity index (χ4v) is 4.23. The highest BCUT2D eigenvalue weighted by Crippen LogP contribution is 2.38. The number of carbonyl (C=O) groups excluding carboxylic acids is 1. The van der Waals surface area contributed by atoms with Gasteiger partial charge in [-0.2, -0.15) is 0 Å². The summed E-state index contributed by atoms with van der Waals surface area (Å²) >= 11 is 0. The normalized spacial score (nSPS) is 15.7. The van der Waals surface area contributed by atoms with Crippen molar-refractivity contribution < 1.29 is 14.7 Å². The van der Waals surface area contributed by atoms with Crippen LogP contribution in [0.1, 0.15) is 40.7 Å². The fourth-order valence-electron chi connectivity index (χ4n) is 4.23. The van der Waals surface area contributed by atoms with Crippen LogP contribution in [0, 0.1) is 0 Å². The van der Waals surface area contributed by atoms with E-state index in [1.54, 1.807) is 24.5 Å². The standard InChI is InChI=1S/C21H23N3O3/c25-20(26)18(10-13-4-3-9-22-12-13)23-21(27)24-19-16-7-1-5-14(16)11-15-6-2-8-17(15)19/h3-4,9,11-12,18H,1-2,5-8,10H2,(H,25,26)(H2,23,24,27)/t18-/m1/s1. The number of pyridine rings is 1. The summed E-state index contributed by atoms with van der Waals surface area (Å²) in [6, 6.07) is 4.40. The van der Waals surface area contributed by atoms with Crippen LogP contribution in [0.25, 0.3) is 0 Å². The van der Waals surface area contributed by atoms with Crippen molar-refractivity contribution in [3.8, 4) is 0 Å². The highest BCUT2D eigenvalue weighted by molar-refractivity contribution is 5.94. The predicted octanol–water partition coefficient (Wildman–Crippen LogP) is 2.88. The minimum atomic E-state index is -1.06.